The maximum Gasteiger partial charge on any atom is 0.471 e. The Hall–Kier alpha value is -2.25. The highest BCUT2D eigenvalue weighted by molar-refractivity contribution is 6.02. The molecule has 23 heavy (non-hydrogen) atoms. The summed E-state index contributed by atoms with van der Waals surface area (Å²) >= 11 is 0. The van der Waals surface area contributed by atoms with Crippen LogP contribution < -0.4 is 16.0 Å². The van der Waals surface area contributed by atoms with E-state index >= 15 is 0 Å². The summed E-state index contributed by atoms with van der Waals surface area (Å²) in [5, 5.41) is 1.73. The summed E-state index contributed by atoms with van der Waals surface area (Å²) in [6.07, 6.45) is -1.98. The number of nitrogens with one attached hydrogen (secondary N) is 1. The minimum Gasteiger partial charge on any atom is -0.368 e. The molecule has 0 bridgehead atoms. The standard InChI is InChI=1S/C15H18F3N3O2/c1-9-4-2-3-7-21(9)12-6-5-10(8-11(12)13(19)22)20-14(23)15(16,17)18/h5-6,8-9H,2-4,7H2,1H3,(H2,19,22)(H,20,23)/t9-/m1/s1. The van der Waals surface area contributed by atoms with Crippen LogP contribution in [0.1, 0.15) is 36.5 Å². The highest BCUT2D eigenvalue weighted by Crippen LogP contribution is 2.30. The van der Waals surface area contributed by atoms with Crippen LogP contribution in [-0.2, 0) is 4.79 Å². The van der Waals surface area contributed by atoms with Crippen molar-refractivity contribution in [2.24, 2.45) is 5.73 Å². The van der Waals surface area contributed by atoms with Crippen LogP contribution in [-0.4, -0.2) is 30.6 Å². The Balaban J connectivity index is 2.31. The van der Waals surface area contributed by atoms with Gasteiger partial charge in [0.2, 0.25) is 0 Å². The average molecular weight is 329 g/mol. The topological polar surface area (TPSA) is 75.4 Å². The summed E-state index contributed by atoms with van der Waals surface area (Å²) < 4.78 is 36.9. The van der Waals surface area contributed by atoms with Gasteiger partial charge in [0, 0.05) is 24.0 Å². The second kappa shape index (κ2) is 6.47. The van der Waals surface area contributed by atoms with Gasteiger partial charge in [0.15, 0.2) is 0 Å². The van der Waals surface area contributed by atoms with Crippen LogP contribution in [0.2, 0.25) is 0 Å². The van der Waals surface area contributed by atoms with E-state index in [0.717, 1.165) is 25.8 Å². The number of rotatable bonds is 3. The summed E-state index contributed by atoms with van der Waals surface area (Å²) in [5.74, 6) is -2.84. The predicted octanol–water partition coefficient (Wildman–Crippen LogP) is 2.67. The molecule has 5 nitrogen and oxygen atoms in total. The maximum absolute atomic E-state index is 12.3. The Morgan fingerprint density at radius 2 is 2.00 bits per heavy atom. The van der Waals surface area contributed by atoms with Crippen LogP contribution in [0.4, 0.5) is 24.5 Å². The molecule has 2 rings (SSSR count). The Bertz CT molecular complexity index is 616. The lowest BCUT2D eigenvalue weighted by Gasteiger charge is -2.36. The van der Waals surface area contributed by atoms with E-state index in [-0.39, 0.29) is 17.3 Å². The summed E-state index contributed by atoms with van der Waals surface area (Å²) in [4.78, 5) is 24.7. The van der Waals surface area contributed by atoms with Crippen molar-refractivity contribution >= 4 is 23.2 Å². The van der Waals surface area contributed by atoms with Crippen LogP contribution >= 0.6 is 0 Å². The Labute approximate surface area is 131 Å². The first kappa shape index (κ1) is 17.1. The predicted molar refractivity (Wildman–Crippen MR) is 80.3 cm³/mol. The van der Waals surface area contributed by atoms with Gasteiger partial charge in [-0.05, 0) is 44.4 Å². The zero-order chi connectivity index (χ0) is 17.2. The highest BCUT2D eigenvalue weighted by Gasteiger charge is 2.38. The number of primary amides is 1. The molecule has 126 valence electrons. The van der Waals surface area contributed by atoms with Crippen molar-refractivity contribution in [3.63, 3.8) is 0 Å². The minimum absolute atomic E-state index is 0.0960. The first-order valence-electron chi connectivity index (χ1n) is 7.29. The second-order valence-electron chi connectivity index (χ2n) is 5.59. The molecule has 1 fully saturated rings. The van der Waals surface area contributed by atoms with Crippen molar-refractivity contribution in [1.82, 2.24) is 0 Å². The van der Waals surface area contributed by atoms with Gasteiger partial charge in [-0.3, -0.25) is 9.59 Å². The summed E-state index contributed by atoms with van der Waals surface area (Å²) in [6, 6.07) is 4.25. The number of carbonyl (C=O) groups excluding carboxylic acids is 2. The van der Waals surface area contributed by atoms with Gasteiger partial charge in [-0.25, -0.2) is 0 Å². The van der Waals surface area contributed by atoms with Gasteiger partial charge >= 0.3 is 12.1 Å². The number of alkyl halides is 3. The van der Waals surface area contributed by atoms with Gasteiger partial charge in [0.1, 0.15) is 0 Å². The molecular formula is C15H18F3N3O2. The fraction of sp³-hybridized carbons (Fsp3) is 0.467. The molecule has 1 aromatic carbocycles. The van der Waals surface area contributed by atoms with E-state index < -0.39 is 18.0 Å². The highest BCUT2D eigenvalue weighted by atomic mass is 19.4. The molecule has 1 aliphatic rings. The van der Waals surface area contributed by atoms with Gasteiger partial charge < -0.3 is 16.0 Å². The fourth-order valence-electron chi connectivity index (χ4n) is 2.72. The van der Waals surface area contributed by atoms with E-state index in [0.29, 0.717) is 5.69 Å². The van der Waals surface area contributed by atoms with E-state index in [9.17, 15) is 22.8 Å². The van der Waals surface area contributed by atoms with Gasteiger partial charge in [0.05, 0.1) is 5.56 Å². The van der Waals surface area contributed by atoms with Crippen molar-refractivity contribution in [3.05, 3.63) is 23.8 Å². The monoisotopic (exact) mass is 329 g/mol. The number of carbonyl (C=O) groups is 2. The molecule has 0 unspecified atom stereocenters. The molecule has 0 spiro atoms. The normalized spacial score (nSPS) is 18.6. The molecule has 1 heterocycles. The van der Waals surface area contributed by atoms with Crippen molar-refractivity contribution in [3.8, 4) is 0 Å². The van der Waals surface area contributed by atoms with Gasteiger partial charge in [0.25, 0.3) is 5.91 Å². The molecule has 1 aliphatic heterocycles. The van der Waals surface area contributed by atoms with Crippen molar-refractivity contribution < 1.29 is 22.8 Å². The van der Waals surface area contributed by atoms with Crippen LogP contribution in [0.5, 0.6) is 0 Å². The zero-order valence-corrected chi connectivity index (χ0v) is 12.6. The number of anilines is 2. The molecule has 1 atom stereocenters. The molecule has 0 saturated carbocycles. The van der Waals surface area contributed by atoms with E-state index in [2.05, 4.69) is 0 Å². The smallest absolute Gasteiger partial charge is 0.368 e. The molecule has 0 aliphatic carbocycles. The zero-order valence-electron chi connectivity index (χ0n) is 12.6. The van der Waals surface area contributed by atoms with Crippen LogP contribution in [0, 0.1) is 0 Å². The second-order valence-corrected chi connectivity index (χ2v) is 5.59. The first-order valence-corrected chi connectivity index (χ1v) is 7.29. The summed E-state index contributed by atoms with van der Waals surface area (Å²) in [5.41, 5.74) is 5.91. The average Bonchev–Trinajstić information content (AvgIpc) is 2.47. The summed E-state index contributed by atoms with van der Waals surface area (Å²) in [6.45, 7) is 2.76. The third kappa shape index (κ3) is 3.94. The number of nitrogens with two attached hydrogens (primary N) is 1. The van der Waals surface area contributed by atoms with Crippen molar-refractivity contribution in [1.29, 1.82) is 0 Å². The quantitative estimate of drug-likeness (QED) is 0.895. The van der Waals surface area contributed by atoms with E-state index in [1.807, 2.05) is 11.8 Å². The Kier molecular flexibility index (Phi) is 4.82. The van der Waals surface area contributed by atoms with E-state index in [1.165, 1.54) is 18.2 Å². The molecule has 8 heteroatoms. The number of hydrogen-bond acceptors (Lipinski definition) is 3. The molecule has 3 N–H and O–H groups in total. The van der Waals surface area contributed by atoms with Crippen molar-refractivity contribution in [2.45, 2.75) is 38.4 Å². The molecule has 1 saturated heterocycles. The van der Waals surface area contributed by atoms with Crippen LogP contribution in [0.3, 0.4) is 0 Å². The number of nitrogens with zero attached hydrogens (tertiary/aromatic N) is 1. The van der Waals surface area contributed by atoms with E-state index in [1.54, 1.807) is 5.32 Å². The fourth-order valence-corrected chi connectivity index (χ4v) is 2.72. The van der Waals surface area contributed by atoms with Gasteiger partial charge in [-0.15, -0.1) is 0 Å². The van der Waals surface area contributed by atoms with Crippen LogP contribution in [0.25, 0.3) is 0 Å². The van der Waals surface area contributed by atoms with Gasteiger partial charge in [-0.2, -0.15) is 13.2 Å². The third-order valence-corrected chi connectivity index (χ3v) is 3.89. The van der Waals surface area contributed by atoms with E-state index in [4.69, 9.17) is 5.73 Å². The van der Waals surface area contributed by atoms with Gasteiger partial charge in [-0.1, -0.05) is 0 Å². The summed E-state index contributed by atoms with van der Waals surface area (Å²) in [7, 11) is 0. The lowest BCUT2D eigenvalue weighted by Crippen LogP contribution is -2.38. The van der Waals surface area contributed by atoms with Crippen molar-refractivity contribution in [2.75, 3.05) is 16.8 Å². The number of amides is 2. The number of benzene rings is 1. The molecule has 2 amide bonds. The molecule has 1 aromatic rings. The molecular weight excluding hydrogens is 311 g/mol. The Morgan fingerprint density at radius 3 is 2.57 bits per heavy atom. The SMILES string of the molecule is C[C@@H]1CCCCN1c1ccc(NC(=O)C(F)(F)F)cc1C(N)=O. The number of halogens is 3. The largest absolute Gasteiger partial charge is 0.471 e. The lowest BCUT2D eigenvalue weighted by atomic mass is 10.0. The van der Waals surface area contributed by atoms with Crippen LogP contribution in [0.15, 0.2) is 18.2 Å². The molecule has 0 aromatic heterocycles. The first-order chi connectivity index (χ1) is 10.7. The Morgan fingerprint density at radius 1 is 1.30 bits per heavy atom. The lowest BCUT2D eigenvalue weighted by molar-refractivity contribution is -0.167. The maximum atomic E-state index is 12.3. The number of hydrogen-bond donors (Lipinski definition) is 2. The number of piperidine rings is 1. The minimum atomic E-state index is -4.99. The third-order valence-electron chi connectivity index (χ3n) is 3.89. The molecule has 0 radical (unpaired) electrons.